The fourth-order valence-electron chi connectivity index (χ4n) is 4.71. The first-order valence-electron chi connectivity index (χ1n) is 12.1. The van der Waals surface area contributed by atoms with Crippen LogP contribution in [0.15, 0.2) is 57.3 Å². The molecule has 1 aliphatic carbocycles. The smallest absolute Gasteiger partial charge is 0.259 e. The van der Waals surface area contributed by atoms with E-state index in [0.29, 0.717) is 49.6 Å². The lowest BCUT2D eigenvalue weighted by molar-refractivity contribution is -1.06. The number of nitrogens with two attached hydrogens (primary N) is 1. The first-order valence-corrected chi connectivity index (χ1v) is 13.6. The van der Waals surface area contributed by atoms with Gasteiger partial charge in [0.1, 0.15) is 4.90 Å². The Balaban J connectivity index is 1.31. The zero-order valence-corrected chi connectivity index (χ0v) is 22.5. The lowest BCUT2D eigenvalue weighted by Crippen LogP contribution is -3.16. The van der Waals surface area contributed by atoms with Crippen LogP contribution >= 0.6 is 0 Å². The standard InChI is InChI=1S/C24H28N8O6S/c1-29(2)39(35,36)18-9-8-17(19-20(18)28-38-27-19)31-12-10-30(11-13-31)14-26-21-22(32(25)37-3)24(34)16-7-5-4-6-15(16)23(21)33/h4-9,26H,10-14,25H2,1-3H3/p+1. The largest absolute Gasteiger partial charge is 0.367 e. The molecule has 2 aromatic carbocycles. The summed E-state index contributed by atoms with van der Waals surface area (Å²) in [4.78, 5) is 35.7. The summed E-state index contributed by atoms with van der Waals surface area (Å²) >= 11 is 0. The van der Waals surface area contributed by atoms with Crippen LogP contribution in [0.2, 0.25) is 0 Å². The van der Waals surface area contributed by atoms with Crippen LogP contribution in [-0.2, 0) is 14.9 Å². The highest BCUT2D eigenvalue weighted by Gasteiger charge is 2.39. The van der Waals surface area contributed by atoms with E-state index in [1.807, 2.05) is 0 Å². The van der Waals surface area contributed by atoms with Crippen LogP contribution in [0.25, 0.3) is 11.0 Å². The molecule has 0 amide bonds. The molecule has 1 aliphatic heterocycles. The number of Topliss-reactive ketones (excluding diaryl/α,β-unsaturated/α-hetero) is 2. The summed E-state index contributed by atoms with van der Waals surface area (Å²) in [6, 6.07) is 9.84. The second-order valence-corrected chi connectivity index (χ2v) is 11.4. The molecule has 2 heterocycles. The van der Waals surface area contributed by atoms with Gasteiger partial charge < -0.3 is 10.2 Å². The van der Waals surface area contributed by atoms with Crippen molar-refractivity contribution < 1.29 is 32.6 Å². The van der Waals surface area contributed by atoms with Crippen molar-refractivity contribution in [1.29, 1.82) is 0 Å². The van der Waals surface area contributed by atoms with Gasteiger partial charge >= 0.3 is 0 Å². The molecule has 1 fully saturated rings. The fraction of sp³-hybridized carbons (Fsp3) is 0.333. The number of anilines is 1. The number of hydrogen-bond acceptors (Lipinski definition) is 12. The average Bonchev–Trinajstić information content (AvgIpc) is 3.43. The van der Waals surface area contributed by atoms with Gasteiger partial charge in [-0.25, -0.2) is 17.4 Å². The highest BCUT2D eigenvalue weighted by molar-refractivity contribution is 7.89. The molecule has 14 nitrogen and oxygen atoms in total. The van der Waals surface area contributed by atoms with Crippen LogP contribution < -0.4 is 21.2 Å². The van der Waals surface area contributed by atoms with Crippen LogP contribution in [0.1, 0.15) is 20.7 Å². The topological polar surface area (TPSA) is 169 Å². The van der Waals surface area contributed by atoms with E-state index in [2.05, 4.69) is 25.4 Å². The van der Waals surface area contributed by atoms with Gasteiger partial charge in [-0.1, -0.05) is 29.4 Å². The normalized spacial score (nSPS) is 17.7. The molecule has 3 aromatic rings. The monoisotopic (exact) mass is 557 g/mol. The Kier molecular flexibility index (Phi) is 7.19. The van der Waals surface area contributed by atoms with Crippen molar-refractivity contribution in [3.63, 3.8) is 0 Å². The van der Waals surface area contributed by atoms with Crippen molar-refractivity contribution in [2.45, 2.75) is 4.90 Å². The Labute approximate surface area is 224 Å². The molecule has 1 atom stereocenters. The lowest BCUT2D eigenvalue weighted by atomic mass is 9.90. The molecule has 1 unspecified atom stereocenters. The highest BCUT2D eigenvalue weighted by Crippen LogP contribution is 2.31. The van der Waals surface area contributed by atoms with E-state index in [9.17, 15) is 18.0 Å². The number of allylic oxidation sites excluding steroid dienone is 2. The maximum atomic E-state index is 13.3. The van der Waals surface area contributed by atoms with Gasteiger partial charge in [0.25, 0.3) is 11.5 Å². The van der Waals surface area contributed by atoms with Crippen LogP contribution in [-0.4, -0.2) is 93.6 Å². The summed E-state index contributed by atoms with van der Waals surface area (Å²) in [5, 5.41) is 10.8. The quantitative estimate of drug-likeness (QED) is 0.223. The van der Waals surface area contributed by atoms with Crippen molar-refractivity contribution in [2.24, 2.45) is 5.84 Å². The molecule has 1 aromatic heterocycles. The Hall–Kier alpha value is -3.73. The molecular formula is C24H29N8O6S+. The van der Waals surface area contributed by atoms with Crippen molar-refractivity contribution in [2.75, 3.05) is 59.0 Å². The van der Waals surface area contributed by atoms with E-state index >= 15 is 0 Å². The molecule has 0 radical (unpaired) electrons. The van der Waals surface area contributed by atoms with Crippen molar-refractivity contribution >= 4 is 38.3 Å². The third-order valence-corrected chi connectivity index (χ3v) is 8.74. The predicted molar refractivity (Wildman–Crippen MR) is 139 cm³/mol. The molecule has 0 spiro atoms. The SMILES string of the molecule is CO[NH+](N)C1=C(NCN2CCN(c3ccc(S(=O)(=O)N(C)C)c4nonc34)CC2)C(=O)c2ccccc2C1=O. The van der Waals surface area contributed by atoms with Crippen LogP contribution in [0, 0.1) is 0 Å². The Morgan fingerprint density at radius 2 is 1.67 bits per heavy atom. The van der Waals surface area contributed by atoms with Gasteiger partial charge in [-0.2, -0.15) is 4.84 Å². The number of carbonyl (C=O) groups is 2. The van der Waals surface area contributed by atoms with E-state index in [1.54, 1.807) is 30.3 Å². The average molecular weight is 558 g/mol. The molecule has 0 saturated carbocycles. The van der Waals surface area contributed by atoms with E-state index < -0.39 is 10.0 Å². The first kappa shape index (κ1) is 26.9. The van der Waals surface area contributed by atoms with Crippen LogP contribution in [0.4, 0.5) is 5.69 Å². The minimum atomic E-state index is -3.73. The number of carbonyl (C=O) groups excluding carboxylic acids is 2. The Morgan fingerprint density at radius 1 is 1.03 bits per heavy atom. The van der Waals surface area contributed by atoms with Gasteiger partial charge in [-0.15, -0.1) is 5.84 Å². The summed E-state index contributed by atoms with van der Waals surface area (Å²) < 4.78 is 31.4. The van der Waals surface area contributed by atoms with Crippen molar-refractivity contribution in [1.82, 2.24) is 24.8 Å². The lowest BCUT2D eigenvalue weighted by Gasteiger charge is -2.36. The second kappa shape index (κ2) is 10.4. The van der Waals surface area contributed by atoms with Crippen molar-refractivity contribution in [3.8, 4) is 0 Å². The number of hydrogen-bond donors (Lipinski definition) is 3. The fourth-order valence-corrected chi connectivity index (χ4v) is 5.72. The third kappa shape index (κ3) is 4.69. The minimum absolute atomic E-state index is 0.0218. The summed E-state index contributed by atoms with van der Waals surface area (Å²) in [6.45, 7) is 2.71. The van der Waals surface area contributed by atoms with Gasteiger partial charge in [-0.3, -0.25) is 14.5 Å². The zero-order valence-electron chi connectivity index (χ0n) is 21.7. The number of fused-ring (bicyclic) bond motifs is 2. The van der Waals surface area contributed by atoms with Crippen LogP contribution in [0.5, 0.6) is 0 Å². The molecule has 206 valence electrons. The number of ketones is 2. The molecule has 1 saturated heterocycles. The molecule has 0 bridgehead atoms. The summed E-state index contributed by atoms with van der Waals surface area (Å²) in [7, 11) is 0.522. The van der Waals surface area contributed by atoms with E-state index in [0.717, 1.165) is 4.31 Å². The number of nitrogens with zero attached hydrogens (tertiary/aromatic N) is 5. The molecular weight excluding hydrogens is 528 g/mol. The summed E-state index contributed by atoms with van der Waals surface area (Å²) in [5.41, 5.74) is 1.99. The zero-order chi connectivity index (χ0) is 27.9. The number of rotatable bonds is 8. The highest BCUT2D eigenvalue weighted by atomic mass is 32.2. The van der Waals surface area contributed by atoms with E-state index in [1.165, 1.54) is 27.3 Å². The van der Waals surface area contributed by atoms with Gasteiger partial charge in [0, 0.05) is 51.4 Å². The number of sulfonamides is 1. The van der Waals surface area contributed by atoms with Gasteiger partial charge in [0.05, 0.1) is 19.5 Å². The molecule has 5 rings (SSSR count). The number of aromatic nitrogens is 2. The number of piperazine rings is 1. The number of hydroxylamine groups is 1. The molecule has 4 N–H and O–H groups in total. The summed E-state index contributed by atoms with van der Waals surface area (Å²) in [6.07, 6.45) is 0. The Morgan fingerprint density at radius 3 is 2.31 bits per heavy atom. The van der Waals surface area contributed by atoms with Gasteiger partial charge in [0.2, 0.25) is 15.8 Å². The molecule has 39 heavy (non-hydrogen) atoms. The van der Waals surface area contributed by atoms with Crippen LogP contribution in [0.3, 0.4) is 0 Å². The van der Waals surface area contributed by atoms with Gasteiger partial charge in [-0.05, 0) is 22.4 Å². The maximum Gasteiger partial charge on any atom is 0.259 e. The third-order valence-electron chi connectivity index (χ3n) is 6.89. The van der Waals surface area contributed by atoms with Crippen molar-refractivity contribution in [3.05, 3.63) is 58.9 Å². The number of benzene rings is 2. The number of nitrogens with one attached hydrogen (secondary N) is 2. The molecule has 15 heteroatoms. The first-order chi connectivity index (χ1) is 18.6. The van der Waals surface area contributed by atoms with Gasteiger partial charge in [0.15, 0.2) is 16.7 Å². The van der Waals surface area contributed by atoms with E-state index in [-0.39, 0.29) is 44.1 Å². The number of quaternary nitrogens is 1. The molecule has 2 aliphatic rings. The Bertz CT molecular complexity index is 1580. The second-order valence-electron chi connectivity index (χ2n) is 9.29. The summed E-state index contributed by atoms with van der Waals surface area (Å²) in [5.74, 6) is 5.27. The minimum Gasteiger partial charge on any atom is -0.367 e. The predicted octanol–water partition coefficient (Wildman–Crippen LogP) is -1.25. The maximum absolute atomic E-state index is 13.3. The van der Waals surface area contributed by atoms with E-state index in [4.69, 9.17) is 15.3 Å².